The first-order valence-electron chi connectivity index (χ1n) is 8.71. The number of pyridine rings is 1. The van der Waals surface area contributed by atoms with Crippen LogP contribution in [0.1, 0.15) is 5.56 Å². The van der Waals surface area contributed by atoms with Crippen molar-refractivity contribution in [3.63, 3.8) is 0 Å². The van der Waals surface area contributed by atoms with Crippen LogP contribution < -0.4 is 10.2 Å². The molecule has 3 aromatic rings. The smallest absolute Gasteiger partial charge is 0.363 e. The molecule has 4 rings (SSSR count). The number of likely N-dealkylation sites (N-methyl/N-ethyl adjacent to an activating group) is 1. The molecule has 0 atom stereocenters. The zero-order valence-electron chi connectivity index (χ0n) is 14.9. The molecule has 140 valence electrons. The molecule has 1 aliphatic rings. The minimum atomic E-state index is -0.502. The summed E-state index contributed by atoms with van der Waals surface area (Å²) in [6, 6.07) is 7.50. The van der Waals surface area contributed by atoms with Crippen LogP contribution in [0, 0.1) is 10.1 Å². The van der Waals surface area contributed by atoms with Gasteiger partial charge in [-0.25, -0.2) is 9.97 Å². The van der Waals surface area contributed by atoms with Crippen LogP contribution in [0.15, 0.2) is 36.7 Å². The molecular formula is C17H20N8O2. The lowest BCUT2D eigenvalue weighted by Crippen LogP contribution is -2.44. The van der Waals surface area contributed by atoms with Crippen LogP contribution in [0.3, 0.4) is 0 Å². The number of piperazine rings is 1. The molecule has 0 saturated carbocycles. The molecule has 0 aromatic carbocycles. The van der Waals surface area contributed by atoms with E-state index >= 15 is 0 Å². The lowest BCUT2D eigenvalue weighted by molar-refractivity contribution is -0.391. The van der Waals surface area contributed by atoms with Crippen molar-refractivity contribution in [2.45, 2.75) is 6.54 Å². The Kier molecular flexibility index (Phi) is 4.55. The van der Waals surface area contributed by atoms with Crippen molar-refractivity contribution in [3.8, 4) is 0 Å². The third-order valence-electron chi connectivity index (χ3n) is 4.64. The summed E-state index contributed by atoms with van der Waals surface area (Å²) in [7, 11) is 2.13. The molecule has 0 aliphatic carbocycles. The largest absolute Gasteiger partial charge is 0.368 e. The van der Waals surface area contributed by atoms with Crippen LogP contribution in [-0.4, -0.2) is 62.6 Å². The Labute approximate surface area is 155 Å². The summed E-state index contributed by atoms with van der Waals surface area (Å²) in [6.07, 6.45) is 3.05. The fraction of sp³-hybridized carbons (Fsp3) is 0.353. The third-order valence-corrected chi connectivity index (χ3v) is 4.64. The Balaban J connectivity index is 1.42. The Bertz CT molecular complexity index is 947. The number of hydrogen-bond donors (Lipinski definition) is 1. The zero-order chi connectivity index (χ0) is 18.8. The summed E-state index contributed by atoms with van der Waals surface area (Å²) in [4.78, 5) is 23.6. The molecule has 10 heteroatoms. The van der Waals surface area contributed by atoms with E-state index in [4.69, 9.17) is 0 Å². The maximum Gasteiger partial charge on any atom is 0.368 e. The van der Waals surface area contributed by atoms with Gasteiger partial charge in [-0.05, 0) is 29.7 Å². The summed E-state index contributed by atoms with van der Waals surface area (Å²) >= 11 is 0. The van der Waals surface area contributed by atoms with Gasteiger partial charge in [0, 0.05) is 45.0 Å². The highest BCUT2D eigenvalue weighted by Gasteiger charge is 2.16. The van der Waals surface area contributed by atoms with E-state index in [0.717, 1.165) is 37.6 Å². The Morgan fingerprint density at radius 3 is 2.63 bits per heavy atom. The summed E-state index contributed by atoms with van der Waals surface area (Å²) in [5, 5.41) is 18.4. The molecule has 10 nitrogen and oxygen atoms in total. The van der Waals surface area contributed by atoms with Crippen molar-refractivity contribution < 1.29 is 4.92 Å². The topological polar surface area (TPSA) is 105 Å². The van der Waals surface area contributed by atoms with Crippen molar-refractivity contribution in [2.24, 2.45) is 0 Å². The molecular weight excluding hydrogens is 348 g/mol. The van der Waals surface area contributed by atoms with Crippen molar-refractivity contribution >= 4 is 23.1 Å². The van der Waals surface area contributed by atoms with Crippen molar-refractivity contribution in [2.75, 3.05) is 43.4 Å². The first-order chi connectivity index (χ1) is 13.1. The highest BCUT2D eigenvalue weighted by molar-refractivity contribution is 5.48. The quantitative estimate of drug-likeness (QED) is 0.532. The minimum Gasteiger partial charge on any atom is -0.363 e. The van der Waals surface area contributed by atoms with E-state index in [1.54, 1.807) is 12.1 Å². The van der Waals surface area contributed by atoms with Crippen LogP contribution in [0.4, 0.5) is 17.5 Å². The number of aromatic nitrogens is 4. The van der Waals surface area contributed by atoms with Gasteiger partial charge in [-0.15, -0.1) is 0 Å². The maximum atomic E-state index is 11.0. The van der Waals surface area contributed by atoms with Crippen LogP contribution in [0.25, 0.3) is 5.65 Å². The number of rotatable bonds is 5. The van der Waals surface area contributed by atoms with Gasteiger partial charge in [0.1, 0.15) is 12.0 Å². The number of imidazole rings is 1. The first-order valence-corrected chi connectivity index (χ1v) is 8.71. The van der Waals surface area contributed by atoms with Gasteiger partial charge < -0.3 is 25.2 Å². The van der Waals surface area contributed by atoms with E-state index in [2.05, 4.69) is 37.2 Å². The monoisotopic (exact) mass is 368 g/mol. The Hall–Kier alpha value is -3.27. The Morgan fingerprint density at radius 2 is 1.93 bits per heavy atom. The lowest BCUT2D eigenvalue weighted by atomic mass is 10.2. The second-order valence-electron chi connectivity index (χ2n) is 6.53. The third kappa shape index (κ3) is 3.65. The van der Waals surface area contributed by atoms with E-state index < -0.39 is 4.92 Å². The van der Waals surface area contributed by atoms with Gasteiger partial charge >= 0.3 is 5.82 Å². The predicted molar refractivity (Wildman–Crippen MR) is 101 cm³/mol. The maximum absolute atomic E-state index is 11.0. The van der Waals surface area contributed by atoms with Crippen molar-refractivity contribution in [1.82, 2.24) is 24.5 Å². The standard InChI is InChI=1S/C17H20N8O2/c1-22-6-8-23(9-7-22)15-4-2-13(11-19-15)10-18-14-3-5-16-20-12-17(25(26)27)24(16)21-14/h2-5,11-12H,6-10H2,1H3,(H,18,21). The number of hydrogen-bond acceptors (Lipinski definition) is 8. The van der Waals surface area contributed by atoms with Crippen LogP contribution >= 0.6 is 0 Å². The van der Waals surface area contributed by atoms with Gasteiger partial charge in [0.05, 0.1) is 0 Å². The molecule has 0 spiro atoms. The molecule has 1 N–H and O–H groups in total. The molecule has 0 amide bonds. The molecule has 0 unspecified atom stereocenters. The number of nitrogens with one attached hydrogen (secondary N) is 1. The van der Waals surface area contributed by atoms with Crippen molar-refractivity contribution in [1.29, 1.82) is 0 Å². The molecule has 1 aliphatic heterocycles. The summed E-state index contributed by atoms with van der Waals surface area (Å²) in [5.74, 6) is 1.36. The van der Waals surface area contributed by atoms with Gasteiger partial charge in [-0.2, -0.15) is 0 Å². The average molecular weight is 368 g/mol. The van der Waals surface area contributed by atoms with Gasteiger partial charge in [0.25, 0.3) is 0 Å². The number of nitro groups is 1. The fourth-order valence-corrected chi connectivity index (χ4v) is 3.02. The van der Waals surface area contributed by atoms with Crippen LogP contribution in [0.5, 0.6) is 0 Å². The van der Waals surface area contributed by atoms with Gasteiger partial charge in [-0.1, -0.05) is 15.7 Å². The lowest BCUT2D eigenvalue weighted by Gasteiger charge is -2.33. The Morgan fingerprint density at radius 1 is 1.11 bits per heavy atom. The van der Waals surface area contributed by atoms with Crippen LogP contribution in [0.2, 0.25) is 0 Å². The minimum absolute atomic E-state index is 0.160. The van der Waals surface area contributed by atoms with Gasteiger partial charge in [-0.3, -0.25) is 0 Å². The molecule has 3 aromatic heterocycles. The molecule has 27 heavy (non-hydrogen) atoms. The molecule has 4 heterocycles. The SMILES string of the molecule is CN1CCN(c2ccc(CNc3ccc4ncc([N+](=O)[O-])n4n3)cn2)CC1. The first kappa shape index (κ1) is 17.2. The van der Waals surface area contributed by atoms with Gasteiger partial charge in [0.2, 0.25) is 5.65 Å². The van der Waals surface area contributed by atoms with E-state index in [1.807, 2.05) is 18.3 Å². The van der Waals surface area contributed by atoms with E-state index in [1.165, 1.54) is 10.7 Å². The normalized spacial score (nSPS) is 15.2. The predicted octanol–water partition coefficient (Wildman–Crippen LogP) is 1.40. The zero-order valence-corrected chi connectivity index (χ0v) is 14.9. The highest BCUT2D eigenvalue weighted by atomic mass is 16.6. The van der Waals surface area contributed by atoms with Gasteiger partial charge in [0.15, 0.2) is 5.82 Å². The van der Waals surface area contributed by atoms with E-state index in [-0.39, 0.29) is 5.82 Å². The number of anilines is 2. The molecule has 1 saturated heterocycles. The van der Waals surface area contributed by atoms with Crippen LogP contribution in [-0.2, 0) is 6.54 Å². The fourth-order valence-electron chi connectivity index (χ4n) is 3.02. The molecule has 0 radical (unpaired) electrons. The summed E-state index contributed by atoms with van der Waals surface area (Å²) < 4.78 is 1.22. The number of nitrogens with zero attached hydrogens (tertiary/aromatic N) is 7. The highest BCUT2D eigenvalue weighted by Crippen LogP contribution is 2.16. The second kappa shape index (κ2) is 7.16. The summed E-state index contributed by atoms with van der Waals surface area (Å²) in [6.45, 7) is 4.57. The number of fused-ring (bicyclic) bond motifs is 1. The average Bonchev–Trinajstić information content (AvgIpc) is 3.11. The molecule has 0 bridgehead atoms. The van der Waals surface area contributed by atoms with E-state index in [9.17, 15) is 10.1 Å². The molecule has 1 fully saturated rings. The summed E-state index contributed by atoms with van der Waals surface area (Å²) in [5.41, 5.74) is 1.44. The van der Waals surface area contributed by atoms with Crippen molar-refractivity contribution in [3.05, 3.63) is 52.3 Å². The second-order valence-corrected chi connectivity index (χ2v) is 6.53. The van der Waals surface area contributed by atoms with E-state index in [0.29, 0.717) is 18.0 Å².